The number of hydrogen-bond donors (Lipinski definition) is 5. The van der Waals surface area contributed by atoms with Gasteiger partial charge < -0.3 is 25.7 Å². The van der Waals surface area contributed by atoms with Gasteiger partial charge in [-0.2, -0.15) is 0 Å². The number of allylic oxidation sites excluding steroid dienone is 6. The number of carbonyl (C=O) groups is 1. The molecule has 57 heavy (non-hydrogen) atoms. The van der Waals surface area contributed by atoms with Crippen molar-refractivity contribution in [1.82, 2.24) is 5.32 Å². The van der Waals surface area contributed by atoms with Crippen LogP contribution in [0.5, 0.6) is 0 Å². The minimum Gasteiger partial charge on any atom is -0.394 e. The molecule has 0 aliphatic rings. The molecule has 0 aliphatic carbocycles. The minimum atomic E-state index is -1.29. The van der Waals surface area contributed by atoms with Gasteiger partial charge in [-0.05, 0) is 77.0 Å². The summed E-state index contributed by atoms with van der Waals surface area (Å²) in [5.41, 5.74) is 0. The van der Waals surface area contributed by atoms with Crippen LogP contribution in [0.2, 0.25) is 0 Å². The van der Waals surface area contributed by atoms with Crippen LogP contribution in [0.1, 0.15) is 251 Å². The predicted octanol–water partition coefficient (Wildman–Crippen LogP) is 13.7. The molecule has 0 aromatic heterocycles. The Balaban J connectivity index is 3.74. The maximum atomic E-state index is 12.5. The van der Waals surface area contributed by atoms with Crippen LogP contribution < -0.4 is 5.32 Å². The molecule has 0 rings (SSSR count). The number of aliphatic hydroxyl groups is 4. The first kappa shape index (κ1) is 55.5. The molecule has 0 aliphatic heterocycles. The van der Waals surface area contributed by atoms with Crippen molar-refractivity contribution in [1.29, 1.82) is 0 Å². The van der Waals surface area contributed by atoms with Crippen LogP contribution in [-0.4, -0.2) is 57.3 Å². The average Bonchev–Trinajstić information content (AvgIpc) is 3.22. The molecule has 0 aromatic carbocycles. The predicted molar refractivity (Wildman–Crippen MR) is 247 cm³/mol. The van der Waals surface area contributed by atoms with Crippen LogP contribution in [0.15, 0.2) is 36.5 Å². The third kappa shape index (κ3) is 39.7. The lowest BCUT2D eigenvalue weighted by Gasteiger charge is -2.27. The van der Waals surface area contributed by atoms with Crippen LogP contribution in [0.25, 0.3) is 0 Å². The smallest absolute Gasteiger partial charge is 0.249 e. The number of aliphatic hydroxyl groups excluding tert-OH is 4. The highest BCUT2D eigenvalue weighted by Gasteiger charge is 2.28. The van der Waals surface area contributed by atoms with Crippen molar-refractivity contribution in [2.75, 3.05) is 6.61 Å². The molecule has 0 aromatic rings. The minimum absolute atomic E-state index is 0.353. The van der Waals surface area contributed by atoms with Crippen LogP contribution in [0.4, 0.5) is 0 Å². The zero-order valence-corrected chi connectivity index (χ0v) is 37.8. The molecular formula is C51H97NO5. The number of hydrogen-bond acceptors (Lipinski definition) is 5. The van der Waals surface area contributed by atoms with Gasteiger partial charge in [0.2, 0.25) is 5.91 Å². The van der Waals surface area contributed by atoms with Crippen molar-refractivity contribution in [3.05, 3.63) is 36.5 Å². The molecule has 0 saturated heterocycles. The van der Waals surface area contributed by atoms with E-state index in [-0.39, 0.29) is 0 Å². The molecule has 0 fully saturated rings. The molecule has 6 nitrogen and oxygen atoms in total. The molecule has 4 unspecified atom stereocenters. The monoisotopic (exact) mass is 804 g/mol. The standard InChI is InChI=1S/C51H97NO5/c1-3-5-7-9-11-13-15-17-19-21-22-23-24-25-26-27-28-29-31-32-34-36-38-40-42-44-48(54)50(56)47(46-53)52-51(57)49(55)45-43-41-39-37-35-33-30-20-18-16-14-12-10-8-6-4-2/h18,20,29,31,36,38,47-50,53-56H,3-17,19,21-28,30,32-35,37,39-46H2,1-2H3,(H,52,57)/b20-18-,31-29+,38-36+. The molecule has 0 radical (unpaired) electrons. The Morgan fingerprint density at radius 2 is 0.737 bits per heavy atom. The van der Waals surface area contributed by atoms with Crippen LogP contribution in [-0.2, 0) is 4.79 Å². The van der Waals surface area contributed by atoms with Gasteiger partial charge in [0.15, 0.2) is 0 Å². The summed E-state index contributed by atoms with van der Waals surface area (Å²) in [5.74, 6) is -0.602. The van der Waals surface area contributed by atoms with E-state index in [1.54, 1.807) is 0 Å². The summed E-state index contributed by atoms with van der Waals surface area (Å²) < 4.78 is 0. The lowest BCUT2D eigenvalue weighted by molar-refractivity contribution is -0.132. The van der Waals surface area contributed by atoms with Crippen molar-refractivity contribution < 1.29 is 25.2 Å². The van der Waals surface area contributed by atoms with E-state index in [9.17, 15) is 25.2 Å². The second-order valence-electron chi connectivity index (χ2n) is 17.1. The average molecular weight is 804 g/mol. The zero-order valence-electron chi connectivity index (χ0n) is 37.8. The maximum Gasteiger partial charge on any atom is 0.249 e. The van der Waals surface area contributed by atoms with Crippen molar-refractivity contribution in [3.8, 4) is 0 Å². The number of carbonyl (C=O) groups excluding carboxylic acids is 1. The van der Waals surface area contributed by atoms with Gasteiger partial charge in [-0.1, -0.05) is 211 Å². The summed E-state index contributed by atoms with van der Waals surface area (Å²) in [6.07, 6.45) is 54.8. The molecule has 0 spiro atoms. The molecular weight excluding hydrogens is 707 g/mol. The van der Waals surface area contributed by atoms with E-state index >= 15 is 0 Å². The Labute approximate surface area is 354 Å². The van der Waals surface area contributed by atoms with E-state index in [4.69, 9.17) is 0 Å². The highest BCUT2D eigenvalue weighted by molar-refractivity contribution is 5.80. The van der Waals surface area contributed by atoms with Gasteiger partial charge in [-0.15, -0.1) is 0 Å². The summed E-state index contributed by atoms with van der Waals surface area (Å²) in [4.78, 5) is 12.5. The zero-order chi connectivity index (χ0) is 41.7. The second-order valence-corrected chi connectivity index (χ2v) is 17.1. The second kappa shape index (κ2) is 45.6. The van der Waals surface area contributed by atoms with Gasteiger partial charge in [0.05, 0.1) is 18.8 Å². The summed E-state index contributed by atoms with van der Waals surface area (Å²) in [5, 5.41) is 43.8. The van der Waals surface area contributed by atoms with E-state index in [2.05, 4.69) is 55.6 Å². The summed E-state index contributed by atoms with van der Waals surface area (Å²) in [7, 11) is 0. The van der Waals surface area contributed by atoms with Crippen molar-refractivity contribution in [3.63, 3.8) is 0 Å². The lowest BCUT2D eigenvalue weighted by Crippen LogP contribution is -2.53. The molecule has 336 valence electrons. The molecule has 0 bridgehead atoms. The van der Waals surface area contributed by atoms with E-state index in [1.165, 1.54) is 167 Å². The fraction of sp³-hybridized carbons (Fsp3) is 0.863. The van der Waals surface area contributed by atoms with Crippen LogP contribution in [0, 0.1) is 0 Å². The van der Waals surface area contributed by atoms with Crippen LogP contribution in [0.3, 0.4) is 0 Å². The van der Waals surface area contributed by atoms with E-state index < -0.39 is 36.9 Å². The largest absolute Gasteiger partial charge is 0.394 e. The number of amides is 1. The summed E-state index contributed by atoms with van der Waals surface area (Å²) in [6.45, 7) is 4.04. The molecule has 6 heteroatoms. The summed E-state index contributed by atoms with van der Waals surface area (Å²) in [6, 6.07) is -1.01. The molecule has 4 atom stereocenters. The van der Waals surface area contributed by atoms with E-state index in [0.29, 0.717) is 19.3 Å². The molecule has 1 amide bonds. The topological polar surface area (TPSA) is 110 Å². The number of rotatable bonds is 45. The van der Waals surface area contributed by atoms with Gasteiger partial charge >= 0.3 is 0 Å². The highest BCUT2D eigenvalue weighted by atomic mass is 16.3. The Hall–Kier alpha value is -1.47. The third-order valence-electron chi connectivity index (χ3n) is 11.6. The van der Waals surface area contributed by atoms with Crippen molar-refractivity contribution >= 4 is 5.91 Å². The molecule has 0 saturated carbocycles. The Morgan fingerprint density at radius 1 is 0.421 bits per heavy atom. The quantitative estimate of drug-likeness (QED) is 0.0311. The fourth-order valence-electron chi connectivity index (χ4n) is 7.59. The van der Waals surface area contributed by atoms with E-state index in [0.717, 1.165) is 51.4 Å². The Bertz CT molecular complexity index is 904. The maximum absolute atomic E-state index is 12.5. The SMILES string of the molecule is CCCCCCCC/C=C\CCCCCCCCC(O)C(=O)NC(CO)C(O)C(O)CCC/C=C/CC/C=C/CCCCCCCCCCCCCCCCCC. The van der Waals surface area contributed by atoms with E-state index in [1.807, 2.05) is 0 Å². The third-order valence-corrected chi connectivity index (χ3v) is 11.6. The first-order valence-corrected chi connectivity index (χ1v) is 24.9. The first-order valence-electron chi connectivity index (χ1n) is 24.9. The van der Waals surface area contributed by atoms with Gasteiger partial charge in [0, 0.05) is 0 Å². The van der Waals surface area contributed by atoms with Crippen LogP contribution >= 0.6 is 0 Å². The molecule has 5 N–H and O–H groups in total. The highest BCUT2D eigenvalue weighted by Crippen LogP contribution is 2.16. The summed E-state index contributed by atoms with van der Waals surface area (Å²) >= 11 is 0. The lowest BCUT2D eigenvalue weighted by atomic mass is 10.00. The Kier molecular flexibility index (Phi) is 44.4. The molecule has 0 heterocycles. The Morgan fingerprint density at radius 3 is 1.11 bits per heavy atom. The van der Waals surface area contributed by atoms with Gasteiger partial charge in [0.25, 0.3) is 0 Å². The fourth-order valence-corrected chi connectivity index (χ4v) is 7.59. The van der Waals surface area contributed by atoms with Crippen molar-refractivity contribution in [2.24, 2.45) is 0 Å². The van der Waals surface area contributed by atoms with Gasteiger partial charge in [-0.25, -0.2) is 0 Å². The van der Waals surface area contributed by atoms with Gasteiger partial charge in [-0.3, -0.25) is 4.79 Å². The van der Waals surface area contributed by atoms with Crippen molar-refractivity contribution in [2.45, 2.75) is 276 Å². The van der Waals surface area contributed by atoms with Gasteiger partial charge in [0.1, 0.15) is 12.2 Å². The normalized spacial score (nSPS) is 14.3. The number of unbranched alkanes of at least 4 members (excludes halogenated alkanes) is 30. The number of nitrogens with one attached hydrogen (secondary N) is 1. The first-order chi connectivity index (χ1) is 28.0.